The summed E-state index contributed by atoms with van der Waals surface area (Å²) in [4.78, 5) is 2.44. The number of rotatable bonds is 3. The fourth-order valence-corrected chi connectivity index (χ4v) is 3.92. The highest BCUT2D eigenvalue weighted by Gasteiger charge is 2.40. The van der Waals surface area contributed by atoms with E-state index in [-0.39, 0.29) is 5.54 Å². The molecule has 0 amide bonds. The molecule has 2 heteroatoms. The molecule has 2 N–H and O–H groups in total. The summed E-state index contributed by atoms with van der Waals surface area (Å²) in [5.41, 5.74) is 8.94. The van der Waals surface area contributed by atoms with E-state index < -0.39 is 0 Å². The van der Waals surface area contributed by atoms with Gasteiger partial charge in [0.1, 0.15) is 0 Å². The molecular weight excluding hydrogens is 232 g/mol. The van der Waals surface area contributed by atoms with Gasteiger partial charge in [-0.2, -0.15) is 0 Å². The number of anilines is 1. The summed E-state index contributed by atoms with van der Waals surface area (Å²) in [6.45, 7) is 7.62. The summed E-state index contributed by atoms with van der Waals surface area (Å²) in [5.74, 6) is 1.53. The lowest BCUT2D eigenvalue weighted by Crippen LogP contribution is -2.56. The smallest absolute Gasteiger partial charge is 0.0526 e. The molecule has 2 nitrogen and oxygen atoms in total. The van der Waals surface area contributed by atoms with Gasteiger partial charge in [-0.05, 0) is 55.7 Å². The highest BCUT2D eigenvalue weighted by molar-refractivity contribution is 5.50. The maximum atomic E-state index is 6.20. The lowest BCUT2D eigenvalue weighted by molar-refractivity contribution is 0.182. The molecule has 0 bridgehead atoms. The SMILES string of the molecule is Cc1cccc(N(C)C2(CN)CC(C)CC(C)C2)c1. The fraction of sp³-hybridized carbons (Fsp3) is 0.647. The first-order chi connectivity index (χ1) is 8.97. The molecule has 2 rings (SSSR count). The van der Waals surface area contributed by atoms with Crippen LogP contribution < -0.4 is 10.6 Å². The lowest BCUT2D eigenvalue weighted by Gasteiger charge is -2.49. The van der Waals surface area contributed by atoms with Gasteiger partial charge in [-0.25, -0.2) is 0 Å². The summed E-state index contributed by atoms with van der Waals surface area (Å²) in [6, 6.07) is 8.76. The minimum atomic E-state index is 0.130. The van der Waals surface area contributed by atoms with Gasteiger partial charge in [0.25, 0.3) is 0 Å². The Labute approximate surface area is 118 Å². The molecule has 0 heterocycles. The Kier molecular flexibility index (Phi) is 4.19. The second-order valence-corrected chi connectivity index (χ2v) is 6.68. The molecule has 1 aliphatic carbocycles. The van der Waals surface area contributed by atoms with Crippen molar-refractivity contribution >= 4 is 5.69 Å². The van der Waals surface area contributed by atoms with Crippen LogP contribution in [-0.2, 0) is 0 Å². The predicted octanol–water partition coefficient (Wildman–Crippen LogP) is 3.58. The van der Waals surface area contributed by atoms with Crippen LogP contribution in [0.25, 0.3) is 0 Å². The van der Waals surface area contributed by atoms with Crippen LogP contribution in [0.3, 0.4) is 0 Å². The van der Waals surface area contributed by atoms with Crippen molar-refractivity contribution in [3.8, 4) is 0 Å². The highest BCUT2D eigenvalue weighted by Crippen LogP contribution is 2.40. The second kappa shape index (κ2) is 5.54. The van der Waals surface area contributed by atoms with Crippen molar-refractivity contribution in [3.63, 3.8) is 0 Å². The summed E-state index contributed by atoms with van der Waals surface area (Å²) >= 11 is 0. The molecule has 0 aromatic heterocycles. The maximum Gasteiger partial charge on any atom is 0.0526 e. The van der Waals surface area contributed by atoms with E-state index in [4.69, 9.17) is 5.73 Å². The average Bonchev–Trinajstić information content (AvgIpc) is 2.36. The molecule has 1 aromatic rings. The maximum absolute atomic E-state index is 6.20. The molecule has 1 saturated carbocycles. The number of aryl methyl sites for hydroxylation is 1. The number of hydrogen-bond donors (Lipinski definition) is 1. The van der Waals surface area contributed by atoms with Crippen LogP contribution in [0.5, 0.6) is 0 Å². The number of likely N-dealkylation sites (N-methyl/N-ethyl adjacent to an activating group) is 1. The van der Waals surface area contributed by atoms with Crippen molar-refractivity contribution < 1.29 is 0 Å². The van der Waals surface area contributed by atoms with Gasteiger partial charge in [0.15, 0.2) is 0 Å². The first-order valence-electron chi connectivity index (χ1n) is 7.47. The van der Waals surface area contributed by atoms with Gasteiger partial charge in [-0.1, -0.05) is 26.0 Å². The molecule has 106 valence electrons. The molecule has 2 unspecified atom stereocenters. The Balaban J connectivity index is 2.30. The van der Waals surface area contributed by atoms with Crippen LogP contribution in [0.2, 0.25) is 0 Å². The minimum absolute atomic E-state index is 0.130. The predicted molar refractivity (Wildman–Crippen MR) is 83.5 cm³/mol. The van der Waals surface area contributed by atoms with Crippen molar-refractivity contribution in [2.24, 2.45) is 17.6 Å². The van der Waals surface area contributed by atoms with Crippen LogP contribution in [0.1, 0.15) is 38.7 Å². The molecule has 2 atom stereocenters. The van der Waals surface area contributed by atoms with Crippen molar-refractivity contribution in [1.29, 1.82) is 0 Å². The van der Waals surface area contributed by atoms with E-state index >= 15 is 0 Å². The van der Waals surface area contributed by atoms with Crippen LogP contribution >= 0.6 is 0 Å². The topological polar surface area (TPSA) is 29.3 Å². The number of hydrogen-bond acceptors (Lipinski definition) is 2. The van der Waals surface area contributed by atoms with Crippen LogP contribution in [0.15, 0.2) is 24.3 Å². The number of nitrogens with zero attached hydrogens (tertiary/aromatic N) is 1. The largest absolute Gasteiger partial charge is 0.368 e. The Morgan fingerprint density at radius 1 is 1.26 bits per heavy atom. The van der Waals surface area contributed by atoms with E-state index in [0.717, 1.165) is 18.4 Å². The molecule has 1 aliphatic rings. The Morgan fingerprint density at radius 2 is 1.89 bits per heavy atom. The quantitative estimate of drug-likeness (QED) is 0.900. The molecule has 0 aliphatic heterocycles. The molecule has 1 aromatic carbocycles. The Bertz CT molecular complexity index is 417. The van der Waals surface area contributed by atoms with Gasteiger partial charge in [-0.15, -0.1) is 0 Å². The summed E-state index contributed by atoms with van der Waals surface area (Å²) in [5, 5.41) is 0. The minimum Gasteiger partial charge on any atom is -0.368 e. The van der Waals surface area contributed by atoms with E-state index in [9.17, 15) is 0 Å². The third-order valence-electron chi connectivity index (χ3n) is 4.74. The van der Waals surface area contributed by atoms with E-state index in [1.54, 1.807) is 0 Å². The van der Waals surface area contributed by atoms with Gasteiger partial charge in [-0.3, -0.25) is 0 Å². The van der Waals surface area contributed by atoms with E-state index in [0.29, 0.717) is 0 Å². The third-order valence-corrected chi connectivity index (χ3v) is 4.74. The monoisotopic (exact) mass is 260 g/mol. The second-order valence-electron chi connectivity index (χ2n) is 6.68. The van der Waals surface area contributed by atoms with Gasteiger partial charge in [0.05, 0.1) is 5.54 Å². The number of benzene rings is 1. The van der Waals surface area contributed by atoms with Crippen LogP contribution in [0.4, 0.5) is 5.69 Å². The van der Waals surface area contributed by atoms with Gasteiger partial charge in [0, 0.05) is 19.3 Å². The summed E-state index contributed by atoms with van der Waals surface area (Å²) in [6.07, 6.45) is 3.75. The van der Waals surface area contributed by atoms with Crippen molar-refractivity contribution in [2.45, 2.75) is 45.6 Å². The molecule has 0 spiro atoms. The average molecular weight is 260 g/mol. The zero-order valence-corrected chi connectivity index (χ0v) is 12.8. The van der Waals surface area contributed by atoms with E-state index in [2.05, 4.69) is 57.0 Å². The van der Waals surface area contributed by atoms with E-state index in [1.807, 2.05) is 0 Å². The molecule has 0 saturated heterocycles. The van der Waals surface area contributed by atoms with Crippen molar-refractivity contribution in [3.05, 3.63) is 29.8 Å². The molecule has 19 heavy (non-hydrogen) atoms. The fourth-order valence-electron chi connectivity index (χ4n) is 3.92. The zero-order chi connectivity index (χ0) is 14.0. The molecule has 1 fully saturated rings. The third kappa shape index (κ3) is 2.94. The Hall–Kier alpha value is -1.02. The highest BCUT2D eigenvalue weighted by atomic mass is 15.2. The standard InChI is InChI=1S/C17H28N2/c1-13-6-5-7-16(9-13)19(4)17(12-18)10-14(2)8-15(3)11-17/h5-7,9,14-15H,8,10-12,18H2,1-4H3. The van der Waals surface area contributed by atoms with E-state index in [1.165, 1.54) is 30.5 Å². The van der Waals surface area contributed by atoms with Crippen molar-refractivity contribution in [2.75, 3.05) is 18.5 Å². The summed E-state index contributed by atoms with van der Waals surface area (Å²) in [7, 11) is 2.21. The molecular formula is C17H28N2. The lowest BCUT2D eigenvalue weighted by atomic mass is 9.70. The first kappa shape index (κ1) is 14.4. The van der Waals surface area contributed by atoms with Gasteiger partial charge >= 0.3 is 0 Å². The summed E-state index contributed by atoms with van der Waals surface area (Å²) < 4.78 is 0. The van der Waals surface area contributed by atoms with Gasteiger partial charge in [0.2, 0.25) is 0 Å². The first-order valence-corrected chi connectivity index (χ1v) is 7.47. The zero-order valence-electron chi connectivity index (χ0n) is 12.8. The number of nitrogens with two attached hydrogens (primary N) is 1. The Morgan fingerprint density at radius 3 is 2.42 bits per heavy atom. The van der Waals surface area contributed by atoms with Crippen molar-refractivity contribution in [1.82, 2.24) is 0 Å². The molecule has 0 radical (unpaired) electrons. The van der Waals surface area contributed by atoms with Crippen LogP contribution in [-0.4, -0.2) is 19.1 Å². The van der Waals surface area contributed by atoms with Crippen LogP contribution in [0, 0.1) is 18.8 Å². The normalized spacial score (nSPS) is 31.2. The van der Waals surface area contributed by atoms with Gasteiger partial charge < -0.3 is 10.6 Å².